The van der Waals surface area contributed by atoms with Crippen molar-refractivity contribution in [3.63, 3.8) is 0 Å². The third kappa shape index (κ3) is 1.91. The van der Waals surface area contributed by atoms with Gasteiger partial charge in [0.15, 0.2) is 0 Å². The Balaban J connectivity index is 2.24. The van der Waals surface area contributed by atoms with Crippen LogP contribution in [0.5, 0.6) is 11.5 Å². The van der Waals surface area contributed by atoms with Gasteiger partial charge in [-0.05, 0) is 12.1 Å². The Kier molecular flexibility index (Phi) is 2.83. The molecule has 0 aliphatic carbocycles. The molecule has 0 saturated heterocycles. The number of fused-ring (bicyclic) bond motifs is 1. The van der Waals surface area contributed by atoms with Crippen LogP contribution >= 0.6 is 0 Å². The molecular formula is C15H14N2O2. The van der Waals surface area contributed by atoms with E-state index in [-0.39, 0.29) is 0 Å². The number of aromatic amines is 1. The molecule has 4 nitrogen and oxygen atoms in total. The molecule has 0 bridgehead atoms. The Morgan fingerprint density at radius 1 is 0.895 bits per heavy atom. The second kappa shape index (κ2) is 4.65. The van der Waals surface area contributed by atoms with E-state index >= 15 is 0 Å². The molecule has 1 N–H and O–H groups in total. The molecule has 96 valence electrons. The van der Waals surface area contributed by atoms with Gasteiger partial charge in [-0.15, -0.1) is 0 Å². The van der Waals surface area contributed by atoms with Gasteiger partial charge in [0.2, 0.25) is 0 Å². The van der Waals surface area contributed by atoms with Crippen molar-refractivity contribution in [3.05, 3.63) is 42.5 Å². The molecule has 0 unspecified atom stereocenters. The van der Waals surface area contributed by atoms with Gasteiger partial charge in [0.1, 0.15) is 28.4 Å². The SMILES string of the molecule is COc1ccc(OC)c2[nH]c(-c3ccccc3)nc12. The normalized spacial score (nSPS) is 10.6. The highest BCUT2D eigenvalue weighted by molar-refractivity contribution is 5.89. The number of rotatable bonds is 3. The molecule has 0 atom stereocenters. The Bertz CT molecular complexity index is 664. The summed E-state index contributed by atoms with van der Waals surface area (Å²) in [5.41, 5.74) is 2.66. The lowest BCUT2D eigenvalue weighted by Crippen LogP contribution is -1.88. The summed E-state index contributed by atoms with van der Waals surface area (Å²) in [6.07, 6.45) is 0. The number of ether oxygens (including phenoxy) is 2. The summed E-state index contributed by atoms with van der Waals surface area (Å²) in [7, 11) is 3.28. The highest BCUT2D eigenvalue weighted by Gasteiger charge is 2.13. The third-order valence-electron chi connectivity index (χ3n) is 3.06. The molecule has 0 aliphatic heterocycles. The zero-order valence-electron chi connectivity index (χ0n) is 10.8. The van der Waals surface area contributed by atoms with Gasteiger partial charge in [0, 0.05) is 5.56 Å². The van der Waals surface area contributed by atoms with Crippen molar-refractivity contribution >= 4 is 11.0 Å². The maximum absolute atomic E-state index is 5.35. The molecule has 0 radical (unpaired) electrons. The van der Waals surface area contributed by atoms with Crippen LogP contribution in [0, 0.1) is 0 Å². The van der Waals surface area contributed by atoms with Crippen LogP contribution in [0.1, 0.15) is 0 Å². The summed E-state index contributed by atoms with van der Waals surface area (Å²) in [6.45, 7) is 0. The molecule has 2 aromatic carbocycles. The number of imidazole rings is 1. The third-order valence-corrected chi connectivity index (χ3v) is 3.06. The van der Waals surface area contributed by atoms with Crippen LogP contribution in [0.4, 0.5) is 0 Å². The summed E-state index contributed by atoms with van der Waals surface area (Å²) < 4.78 is 10.7. The average molecular weight is 254 g/mol. The van der Waals surface area contributed by atoms with Gasteiger partial charge in [0.25, 0.3) is 0 Å². The number of benzene rings is 2. The first kappa shape index (κ1) is 11.6. The molecule has 19 heavy (non-hydrogen) atoms. The summed E-state index contributed by atoms with van der Waals surface area (Å²) in [5, 5.41) is 0. The van der Waals surface area contributed by atoms with Crippen molar-refractivity contribution in [1.29, 1.82) is 0 Å². The zero-order valence-corrected chi connectivity index (χ0v) is 10.8. The number of H-pyrrole nitrogens is 1. The van der Waals surface area contributed by atoms with E-state index in [0.29, 0.717) is 0 Å². The molecule has 0 spiro atoms. The zero-order chi connectivity index (χ0) is 13.2. The fourth-order valence-corrected chi connectivity index (χ4v) is 2.11. The van der Waals surface area contributed by atoms with E-state index in [0.717, 1.165) is 33.9 Å². The summed E-state index contributed by atoms with van der Waals surface area (Å²) in [5.74, 6) is 2.29. The van der Waals surface area contributed by atoms with Crippen LogP contribution < -0.4 is 9.47 Å². The number of aromatic nitrogens is 2. The second-order valence-corrected chi connectivity index (χ2v) is 4.15. The molecular weight excluding hydrogens is 240 g/mol. The number of nitrogens with zero attached hydrogens (tertiary/aromatic N) is 1. The maximum Gasteiger partial charge on any atom is 0.146 e. The Labute approximate surface area is 111 Å². The Morgan fingerprint density at radius 3 is 2.26 bits per heavy atom. The Hall–Kier alpha value is -2.49. The van der Waals surface area contributed by atoms with Gasteiger partial charge < -0.3 is 14.5 Å². The van der Waals surface area contributed by atoms with Crippen LogP contribution in [0.15, 0.2) is 42.5 Å². The fraction of sp³-hybridized carbons (Fsp3) is 0.133. The van der Waals surface area contributed by atoms with E-state index in [2.05, 4.69) is 9.97 Å². The van der Waals surface area contributed by atoms with E-state index in [1.54, 1.807) is 14.2 Å². The van der Waals surface area contributed by atoms with Crippen LogP contribution in [-0.4, -0.2) is 24.2 Å². The van der Waals surface area contributed by atoms with E-state index in [1.165, 1.54) is 0 Å². The molecule has 0 saturated carbocycles. The van der Waals surface area contributed by atoms with Gasteiger partial charge in [-0.25, -0.2) is 4.98 Å². The molecule has 4 heteroatoms. The van der Waals surface area contributed by atoms with Gasteiger partial charge in [-0.3, -0.25) is 0 Å². The van der Waals surface area contributed by atoms with Gasteiger partial charge in [-0.1, -0.05) is 30.3 Å². The minimum Gasteiger partial charge on any atom is -0.494 e. The first-order valence-corrected chi connectivity index (χ1v) is 5.99. The Morgan fingerprint density at radius 2 is 1.58 bits per heavy atom. The van der Waals surface area contributed by atoms with Crippen LogP contribution in [0.3, 0.4) is 0 Å². The highest BCUT2D eigenvalue weighted by Crippen LogP contribution is 2.33. The van der Waals surface area contributed by atoms with Crippen LogP contribution in [0.2, 0.25) is 0 Å². The monoisotopic (exact) mass is 254 g/mol. The predicted molar refractivity (Wildman–Crippen MR) is 74.6 cm³/mol. The van der Waals surface area contributed by atoms with Crippen molar-refractivity contribution in [2.45, 2.75) is 0 Å². The largest absolute Gasteiger partial charge is 0.494 e. The minimum atomic E-state index is 0.731. The molecule has 0 fully saturated rings. The first-order valence-electron chi connectivity index (χ1n) is 5.99. The summed E-state index contributed by atoms with van der Waals surface area (Å²) >= 11 is 0. The number of hydrogen-bond acceptors (Lipinski definition) is 3. The smallest absolute Gasteiger partial charge is 0.146 e. The van der Waals surface area contributed by atoms with Gasteiger partial charge >= 0.3 is 0 Å². The molecule has 3 aromatic rings. The van der Waals surface area contributed by atoms with Crippen molar-refractivity contribution in [3.8, 4) is 22.9 Å². The number of hydrogen-bond donors (Lipinski definition) is 1. The molecule has 0 aliphatic rings. The summed E-state index contributed by atoms with van der Waals surface area (Å²) in [4.78, 5) is 7.89. The number of methoxy groups -OCH3 is 2. The van der Waals surface area contributed by atoms with E-state index in [1.807, 2.05) is 42.5 Å². The maximum atomic E-state index is 5.35. The van der Waals surface area contributed by atoms with Crippen molar-refractivity contribution < 1.29 is 9.47 Å². The summed E-state index contributed by atoms with van der Waals surface area (Å²) in [6, 6.07) is 13.7. The van der Waals surface area contributed by atoms with E-state index in [9.17, 15) is 0 Å². The van der Waals surface area contributed by atoms with Crippen LogP contribution in [0.25, 0.3) is 22.4 Å². The second-order valence-electron chi connectivity index (χ2n) is 4.15. The molecule has 1 aromatic heterocycles. The lowest BCUT2D eigenvalue weighted by atomic mass is 10.2. The first-order chi connectivity index (χ1) is 9.33. The van der Waals surface area contributed by atoms with Gasteiger partial charge in [0.05, 0.1) is 14.2 Å². The van der Waals surface area contributed by atoms with Gasteiger partial charge in [-0.2, -0.15) is 0 Å². The lowest BCUT2D eigenvalue weighted by Gasteiger charge is -2.04. The molecule has 3 rings (SSSR count). The van der Waals surface area contributed by atoms with E-state index in [4.69, 9.17) is 9.47 Å². The standard InChI is InChI=1S/C15H14N2O2/c1-18-11-8-9-12(19-2)14-13(11)16-15(17-14)10-6-4-3-5-7-10/h3-9H,1-2H3,(H,16,17). The molecule has 0 amide bonds. The topological polar surface area (TPSA) is 47.1 Å². The predicted octanol–water partition coefficient (Wildman–Crippen LogP) is 3.25. The van der Waals surface area contributed by atoms with Crippen molar-refractivity contribution in [2.75, 3.05) is 14.2 Å². The van der Waals surface area contributed by atoms with Crippen LogP contribution in [-0.2, 0) is 0 Å². The average Bonchev–Trinajstić information content (AvgIpc) is 2.92. The fourth-order valence-electron chi connectivity index (χ4n) is 2.11. The van der Waals surface area contributed by atoms with Crippen molar-refractivity contribution in [1.82, 2.24) is 9.97 Å². The van der Waals surface area contributed by atoms with Crippen molar-refractivity contribution in [2.24, 2.45) is 0 Å². The lowest BCUT2D eigenvalue weighted by molar-refractivity contribution is 0.409. The molecule has 1 heterocycles. The number of nitrogens with one attached hydrogen (secondary N) is 1. The highest BCUT2D eigenvalue weighted by atomic mass is 16.5. The van der Waals surface area contributed by atoms with E-state index < -0.39 is 0 Å². The quantitative estimate of drug-likeness (QED) is 0.780. The minimum absolute atomic E-state index is 0.731.